The number of rotatable bonds is 6. The lowest BCUT2D eigenvalue weighted by molar-refractivity contribution is -0.0273. The Morgan fingerprint density at radius 3 is 2.36 bits per heavy atom. The quantitative estimate of drug-likeness (QED) is 0.663. The molecule has 0 N–H and O–H groups in total. The summed E-state index contributed by atoms with van der Waals surface area (Å²) in [6, 6.07) is 18.9. The van der Waals surface area contributed by atoms with Crippen molar-refractivity contribution in [3.05, 3.63) is 78.1 Å². The average Bonchev–Trinajstić information content (AvgIpc) is 3.10. The number of benzene rings is 2. The molecule has 0 radical (unpaired) electrons. The molecule has 0 aliphatic carbocycles. The largest absolute Gasteiger partial charge is 0.497 e. The highest BCUT2D eigenvalue weighted by Crippen LogP contribution is 2.42. The molecule has 2 fully saturated rings. The lowest BCUT2D eigenvalue weighted by Crippen LogP contribution is -2.71. The SMILES string of the molecule is COc1ccc(N2CC3(CN(Cc4cnn(Cc5ccccc5)c4)C3)C2)cc1. The molecule has 0 amide bonds. The van der Waals surface area contributed by atoms with Gasteiger partial charge < -0.3 is 9.64 Å². The molecular formula is C23H26N4O. The number of hydrogen-bond acceptors (Lipinski definition) is 4. The van der Waals surface area contributed by atoms with Gasteiger partial charge in [0.1, 0.15) is 5.75 Å². The monoisotopic (exact) mass is 374 g/mol. The Labute approximate surface area is 166 Å². The van der Waals surface area contributed by atoms with Gasteiger partial charge in [0.05, 0.1) is 19.9 Å². The highest BCUT2D eigenvalue weighted by Gasteiger charge is 2.51. The van der Waals surface area contributed by atoms with Crippen LogP contribution in [-0.2, 0) is 13.1 Å². The summed E-state index contributed by atoms with van der Waals surface area (Å²) in [6.07, 6.45) is 4.20. The van der Waals surface area contributed by atoms with Gasteiger partial charge in [-0.1, -0.05) is 30.3 Å². The lowest BCUT2D eigenvalue weighted by atomic mass is 9.72. The zero-order valence-corrected chi connectivity index (χ0v) is 16.3. The number of aromatic nitrogens is 2. The number of anilines is 1. The Balaban J connectivity index is 1.10. The van der Waals surface area contributed by atoms with E-state index in [2.05, 4.69) is 57.5 Å². The number of likely N-dealkylation sites (tertiary alicyclic amines) is 1. The Morgan fingerprint density at radius 2 is 1.64 bits per heavy atom. The van der Waals surface area contributed by atoms with Gasteiger partial charge >= 0.3 is 0 Å². The van der Waals surface area contributed by atoms with Gasteiger partial charge in [-0.25, -0.2) is 0 Å². The number of nitrogens with zero attached hydrogens (tertiary/aromatic N) is 4. The summed E-state index contributed by atoms with van der Waals surface area (Å²) in [6.45, 7) is 6.51. The smallest absolute Gasteiger partial charge is 0.119 e. The summed E-state index contributed by atoms with van der Waals surface area (Å²) < 4.78 is 7.28. The maximum Gasteiger partial charge on any atom is 0.119 e. The van der Waals surface area contributed by atoms with Crippen molar-refractivity contribution >= 4 is 5.69 Å². The van der Waals surface area contributed by atoms with Crippen molar-refractivity contribution in [1.29, 1.82) is 0 Å². The molecule has 1 aromatic heterocycles. The fourth-order valence-electron chi connectivity index (χ4n) is 4.56. The molecule has 5 rings (SSSR count). The first-order valence-corrected chi connectivity index (χ1v) is 9.88. The van der Waals surface area contributed by atoms with Crippen molar-refractivity contribution in [3.63, 3.8) is 0 Å². The summed E-state index contributed by atoms with van der Waals surface area (Å²) in [5, 5.41) is 4.53. The van der Waals surface area contributed by atoms with E-state index in [4.69, 9.17) is 4.74 Å². The van der Waals surface area contributed by atoms with E-state index in [-0.39, 0.29) is 0 Å². The minimum atomic E-state index is 0.486. The number of hydrogen-bond donors (Lipinski definition) is 0. The van der Waals surface area contributed by atoms with E-state index in [0.29, 0.717) is 5.41 Å². The molecule has 2 aromatic carbocycles. The van der Waals surface area contributed by atoms with Crippen LogP contribution in [0.1, 0.15) is 11.1 Å². The number of ether oxygens (including phenoxy) is 1. The molecule has 0 bridgehead atoms. The van der Waals surface area contributed by atoms with Crippen LogP contribution in [0.15, 0.2) is 67.0 Å². The molecule has 2 saturated heterocycles. The fourth-order valence-corrected chi connectivity index (χ4v) is 4.56. The van der Waals surface area contributed by atoms with Gasteiger partial charge in [-0.3, -0.25) is 9.58 Å². The van der Waals surface area contributed by atoms with Gasteiger partial charge in [0.15, 0.2) is 0 Å². The molecular weight excluding hydrogens is 348 g/mol. The van der Waals surface area contributed by atoms with Gasteiger partial charge in [-0.15, -0.1) is 0 Å². The zero-order chi connectivity index (χ0) is 19.0. The second-order valence-electron chi connectivity index (χ2n) is 8.23. The van der Waals surface area contributed by atoms with Crippen LogP contribution in [0.2, 0.25) is 0 Å². The molecule has 0 unspecified atom stereocenters. The third-order valence-corrected chi connectivity index (χ3v) is 5.89. The summed E-state index contributed by atoms with van der Waals surface area (Å²) >= 11 is 0. The van der Waals surface area contributed by atoms with Crippen LogP contribution in [0.5, 0.6) is 5.75 Å². The minimum Gasteiger partial charge on any atom is -0.497 e. The van der Waals surface area contributed by atoms with Gasteiger partial charge in [0.2, 0.25) is 0 Å². The van der Waals surface area contributed by atoms with Crippen LogP contribution >= 0.6 is 0 Å². The Kier molecular flexibility index (Phi) is 4.32. The summed E-state index contributed by atoms with van der Waals surface area (Å²) in [5.74, 6) is 0.918. The van der Waals surface area contributed by atoms with E-state index in [0.717, 1.165) is 31.9 Å². The first kappa shape index (κ1) is 17.3. The van der Waals surface area contributed by atoms with Gasteiger partial charge in [0, 0.05) is 55.6 Å². The van der Waals surface area contributed by atoms with E-state index in [1.165, 1.54) is 29.9 Å². The second kappa shape index (κ2) is 6.99. The maximum absolute atomic E-state index is 5.25. The van der Waals surface area contributed by atoms with Crippen molar-refractivity contribution in [2.75, 3.05) is 38.2 Å². The van der Waals surface area contributed by atoms with Gasteiger partial charge in [-0.2, -0.15) is 5.10 Å². The van der Waals surface area contributed by atoms with Gasteiger partial charge in [-0.05, 0) is 29.8 Å². The molecule has 2 aliphatic heterocycles. The molecule has 5 heteroatoms. The highest BCUT2D eigenvalue weighted by molar-refractivity contribution is 5.52. The van der Waals surface area contributed by atoms with Crippen LogP contribution < -0.4 is 9.64 Å². The number of methoxy groups -OCH3 is 1. The van der Waals surface area contributed by atoms with E-state index in [1.54, 1.807) is 7.11 Å². The fraction of sp³-hybridized carbons (Fsp3) is 0.348. The third kappa shape index (κ3) is 3.38. The van der Waals surface area contributed by atoms with Crippen LogP contribution in [0.3, 0.4) is 0 Å². The van der Waals surface area contributed by atoms with Crippen LogP contribution in [0, 0.1) is 5.41 Å². The van der Waals surface area contributed by atoms with Crippen molar-refractivity contribution in [2.45, 2.75) is 13.1 Å². The standard InChI is InChI=1S/C23H26N4O/c1-28-22-9-7-21(8-10-22)26-17-23(18-26)15-25(16-23)12-20-11-24-27(14-20)13-19-5-3-2-4-6-19/h2-11,14H,12-13,15-18H2,1H3. The second-order valence-corrected chi connectivity index (χ2v) is 8.23. The molecule has 28 heavy (non-hydrogen) atoms. The minimum absolute atomic E-state index is 0.486. The Morgan fingerprint density at radius 1 is 0.893 bits per heavy atom. The highest BCUT2D eigenvalue weighted by atomic mass is 16.5. The molecule has 2 aliphatic rings. The first-order chi connectivity index (χ1) is 13.7. The van der Waals surface area contributed by atoms with E-state index in [9.17, 15) is 0 Å². The Hall–Kier alpha value is -2.79. The summed E-state index contributed by atoms with van der Waals surface area (Å²) in [7, 11) is 1.71. The molecule has 0 atom stereocenters. The molecule has 1 spiro atoms. The molecule has 3 aromatic rings. The lowest BCUT2D eigenvalue weighted by Gasteiger charge is -2.61. The van der Waals surface area contributed by atoms with Crippen LogP contribution in [-0.4, -0.2) is 48.0 Å². The predicted molar refractivity (Wildman–Crippen MR) is 111 cm³/mol. The zero-order valence-electron chi connectivity index (χ0n) is 16.3. The van der Waals surface area contributed by atoms with E-state index in [1.807, 2.05) is 29.1 Å². The van der Waals surface area contributed by atoms with Crippen molar-refractivity contribution in [1.82, 2.24) is 14.7 Å². The van der Waals surface area contributed by atoms with Crippen molar-refractivity contribution < 1.29 is 4.74 Å². The average molecular weight is 374 g/mol. The molecule has 3 heterocycles. The summed E-state index contributed by atoms with van der Waals surface area (Å²) in [4.78, 5) is 5.00. The first-order valence-electron chi connectivity index (χ1n) is 9.88. The maximum atomic E-state index is 5.25. The molecule has 5 nitrogen and oxygen atoms in total. The molecule has 0 saturated carbocycles. The van der Waals surface area contributed by atoms with Crippen LogP contribution in [0.25, 0.3) is 0 Å². The van der Waals surface area contributed by atoms with Gasteiger partial charge in [0.25, 0.3) is 0 Å². The van der Waals surface area contributed by atoms with E-state index >= 15 is 0 Å². The van der Waals surface area contributed by atoms with E-state index < -0.39 is 0 Å². The topological polar surface area (TPSA) is 33.5 Å². The van der Waals surface area contributed by atoms with Crippen molar-refractivity contribution in [2.24, 2.45) is 5.41 Å². The summed E-state index contributed by atoms with van der Waals surface area (Å²) in [5.41, 5.74) is 4.37. The third-order valence-electron chi connectivity index (χ3n) is 5.89. The van der Waals surface area contributed by atoms with Crippen molar-refractivity contribution in [3.8, 4) is 5.75 Å². The normalized spacial score (nSPS) is 18.0. The molecule has 144 valence electrons. The Bertz CT molecular complexity index is 921. The van der Waals surface area contributed by atoms with Crippen LogP contribution in [0.4, 0.5) is 5.69 Å². The predicted octanol–water partition coefficient (Wildman–Crippen LogP) is 3.26.